The van der Waals surface area contributed by atoms with E-state index in [1.807, 2.05) is 0 Å². The van der Waals surface area contributed by atoms with Gasteiger partial charge in [0.05, 0.1) is 23.6 Å². The highest BCUT2D eigenvalue weighted by Crippen LogP contribution is 2.31. The van der Waals surface area contributed by atoms with Gasteiger partial charge in [0, 0.05) is 36.0 Å². The van der Waals surface area contributed by atoms with Gasteiger partial charge in [-0.05, 0) is 30.4 Å². The van der Waals surface area contributed by atoms with E-state index in [0.717, 1.165) is 30.9 Å². The monoisotopic (exact) mass is 530 g/mol. The highest BCUT2D eigenvalue weighted by Gasteiger charge is 2.32. The lowest BCUT2D eigenvalue weighted by Gasteiger charge is -2.15. The molecule has 0 radical (unpaired) electrons. The molecule has 0 fully saturated rings. The molecule has 0 spiro atoms. The molecule has 0 aliphatic heterocycles. The van der Waals surface area contributed by atoms with Crippen molar-refractivity contribution >= 4 is 33.9 Å². The lowest BCUT2D eigenvalue weighted by atomic mass is 9.99. The standard InChI is InChI=1S/C25H25F3N6O2S/c26-25(27,28)21-9-15-6-7-16(8-18(15)11-31-21)19-12-32-23(34-19)17(4-2-1-3-5-22(29)35)10-33-24(36)20-13-30-14-37-20/h6-9,11-14,17H,1-5,10H2,(H2,29,35)(H,32,34)(H,33,36). The number of amides is 2. The average molecular weight is 531 g/mol. The fourth-order valence-corrected chi connectivity index (χ4v) is 4.52. The van der Waals surface area contributed by atoms with E-state index in [1.54, 1.807) is 29.9 Å². The van der Waals surface area contributed by atoms with Crippen molar-refractivity contribution in [3.05, 3.63) is 64.8 Å². The highest BCUT2D eigenvalue weighted by molar-refractivity contribution is 7.11. The van der Waals surface area contributed by atoms with Crippen molar-refractivity contribution in [3.63, 3.8) is 0 Å². The fourth-order valence-electron chi connectivity index (χ4n) is 3.99. The molecule has 8 nitrogen and oxygen atoms in total. The number of imidazole rings is 1. The number of nitrogens with two attached hydrogens (primary N) is 1. The number of primary amides is 1. The van der Waals surface area contributed by atoms with Crippen molar-refractivity contribution < 1.29 is 22.8 Å². The van der Waals surface area contributed by atoms with E-state index in [9.17, 15) is 22.8 Å². The molecular formula is C25H25F3N6O2S. The average Bonchev–Trinajstić information content (AvgIpc) is 3.57. The molecule has 1 atom stereocenters. The number of rotatable bonds is 11. The van der Waals surface area contributed by atoms with Crippen LogP contribution in [0.15, 0.2) is 48.4 Å². The smallest absolute Gasteiger partial charge is 0.370 e. The first-order chi connectivity index (χ1) is 17.7. The van der Waals surface area contributed by atoms with Gasteiger partial charge in [0.25, 0.3) is 5.91 Å². The van der Waals surface area contributed by atoms with Gasteiger partial charge in [0.1, 0.15) is 16.4 Å². The van der Waals surface area contributed by atoms with Gasteiger partial charge in [-0.25, -0.2) is 4.98 Å². The van der Waals surface area contributed by atoms with E-state index in [1.165, 1.54) is 23.7 Å². The summed E-state index contributed by atoms with van der Waals surface area (Å²) in [4.78, 5) is 39.2. The van der Waals surface area contributed by atoms with E-state index >= 15 is 0 Å². The summed E-state index contributed by atoms with van der Waals surface area (Å²) in [6.45, 7) is 0.349. The second kappa shape index (κ2) is 11.5. The lowest BCUT2D eigenvalue weighted by Crippen LogP contribution is -2.28. The molecule has 2 amide bonds. The molecule has 4 rings (SSSR count). The molecule has 0 aliphatic carbocycles. The highest BCUT2D eigenvalue weighted by atomic mass is 32.1. The van der Waals surface area contributed by atoms with Crippen molar-refractivity contribution in [1.29, 1.82) is 0 Å². The molecule has 1 unspecified atom stereocenters. The largest absolute Gasteiger partial charge is 0.433 e. The molecule has 0 aliphatic rings. The predicted octanol–water partition coefficient (Wildman–Crippen LogP) is 5.05. The first-order valence-corrected chi connectivity index (χ1v) is 12.6. The van der Waals surface area contributed by atoms with Gasteiger partial charge in [-0.15, -0.1) is 11.3 Å². The Bertz CT molecular complexity index is 1370. The third-order valence-corrected chi connectivity index (χ3v) is 6.72. The predicted molar refractivity (Wildman–Crippen MR) is 134 cm³/mol. The van der Waals surface area contributed by atoms with Crippen LogP contribution in [-0.2, 0) is 11.0 Å². The van der Waals surface area contributed by atoms with Crippen LogP contribution in [0.3, 0.4) is 0 Å². The van der Waals surface area contributed by atoms with Gasteiger partial charge in [-0.2, -0.15) is 13.2 Å². The number of carbonyl (C=O) groups is 2. The fraction of sp³-hybridized carbons (Fsp3) is 0.320. The topological polar surface area (TPSA) is 127 Å². The van der Waals surface area contributed by atoms with Crippen LogP contribution in [0.1, 0.15) is 59.2 Å². The number of H-pyrrole nitrogens is 1. The van der Waals surface area contributed by atoms with Crippen LogP contribution < -0.4 is 11.1 Å². The Balaban J connectivity index is 1.49. The van der Waals surface area contributed by atoms with Crippen LogP contribution in [0.4, 0.5) is 13.2 Å². The first kappa shape index (κ1) is 26.3. The number of halogens is 3. The number of hydrogen-bond acceptors (Lipinski definition) is 6. The SMILES string of the molecule is NC(=O)CCCCCC(CNC(=O)c1cncs1)c1ncc(-c2ccc3cc(C(F)(F)F)ncc3c2)[nH]1. The van der Waals surface area contributed by atoms with Gasteiger partial charge in [0.15, 0.2) is 0 Å². The molecule has 4 N–H and O–H groups in total. The Morgan fingerprint density at radius 1 is 1.05 bits per heavy atom. The van der Waals surface area contributed by atoms with Crippen LogP contribution in [0, 0.1) is 0 Å². The molecule has 4 aromatic rings. The maximum absolute atomic E-state index is 13.0. The summed E-state index contributed by atoms with van der Waals surface area (Å²) in [7, 11) is 0. The summed E-state index contributed by atoms with van der Waals surface area (Å²) in [5.41, 5.74) is 7.32. The third kappa shape index (κ3) is 6.91. The zero-order valence-corrected chi connectivity index (χ0v) is 20.5. The zero-order valence-electron chi connectivity index (χ0n) is 19.7. The maximum atomic E-state index is 13.0. The van der Waals surface area contributed by atoms with Crippen LogP contribution in [0.5, 0.6) is 0 Å². The minimum absolute atomic E-state index is 0.115. The van der Waals surface area contributed by atoms with Crippen molar-refractivity contribution in [3.8, 4) is 11.3 Å². The molecular weight excluding hydrogens is 505 g/mol. The van der Waals surface area contributed by atoms with Gasteiger partial charge >= 0.3 is 6.18 Å². The quantitative estimate of drug-likeness (QED) is 0.234. The lowest BCUT2D eigenvalue weighted by molar-refractivity contribution is -0.141. The van der Waals surface area contributed by atoms with Crippen molar-refractivity contribution in [2.75, 3.05) is 6.54 Å². The Morgan fingerprint density at radius 3 is 2.62 bits per heavy atom. The van der Waals surface area contributed by atoms with Gasteiger partial charge in [-0.1, -0.05) is 25.0 Å². The Hall–Kier alpha value is -3.80. The molecule has 12 heteroatoms. The number of alkyl halides is 3. The second-order valence-corrected chi connectivity index (χ2v) is 9.54. The Labute approximate surface area is 214 Å². The van der Waals surface area contributed by atoms with Crippen LogP contribution in [-0.4, -0.2) is 38.3 Å². The van der Waals surface area contributed by atoms with Crippen molar-refractivity contribution in [1.82, 2.24) is 25.3 Å². The normalized spacial score (nSPS) is 12.5. The number of thiazole rings is 1. The third-order valence-electron chi connectivity index (χ3n) is 5.95. The van der Waals surface area contributed by atoms with Crippen molar-refractivity contribution in [2.45, 2.75) is 44.2 Å². The van der Waals surface area contributed by atoms with E-state index in [2.05, 4.69) is 25.3 Å². The van der Waals surface area contributed by atoms with Crippen LogP contribution in [0.25, 0.3) is 22.0 Å². The summed E-state index contributed by atoms with van der Waals surface area (Å²) in [6.07, 6.45) is 3.25. The summed E-state index contributed by atoms with van der Waals surface area (Å²) >= 11 is 1.25. The van der Waals surface area contributed by atoms with E-state index in [0.29, 0.717) is 46.6 Å². The number of aromatic nitrogens is 4. The molecule has 1 aromatic carbocycles. The molecule has 0 bridgehead atoms. The Morgan fingerprint density at radius 2 is 1.89 bits per heavy atom. The number of fused-ring (bicyclic) bond motifs is 1. The zero-order chi connectivity index (χ0) is 26.4. The Kier molecular flexibility index (Phi) is 8.17. The van der Waals surface area contributed by atoms with E-state index in [4.69, 9.17) is 5.73 Å². The van der Waals surface area contributed by atoms with E-state index < -0.39 is 11.9 Å². The minimum Gasteiger partial charge on any atom is -0.370 e. The molecule has 3 aromatic heterocycles. The number of carbonyl (C=O) groups excluding carboxylic acids is 2. The molecule has 0 saturated carbocycles. The van der Waals surface area contributed by atoms with Crippen molar-refractivity contribution in [2.24, 2.45) is 5.73 Å². The number of pyridine rings is 1. The van der Waals surface area contributed by atoms with Crippen LogP contribution >= 0.6 is 11.3 Å². The van der Waals surface area contributed by atoms with Gasteiger partial charge in [-0.3, -0.25) is 19.6 Å². The molecule has 194 valence electrons. The number of nitrogens with one attached hydrogen (secondary N) is 2. The number of hydrogen-bond donors (Lipinski definition) is 3. The number of unbranched alkanes of at least 4 members (excludes halogenated alkanes) is 2. The summed E-state index contributed by atoms with van der Waals surface area (Å²) < 4.78 is 38.9. The minimum atomic E-state index is -4.50. The first-order valence-electron chi connectivity index (χ1n) is 11.7. The summed E-state index contributed by atoms with van der Waals surface area (Å²) in [5, 5.41) is 3.94. The maximum Gasteiger partial charge on any atom is 0.433 e. The number of nitrogens with zero attached hydrogens (tertiary/aromatic N) is 3. The summed E-state index contributed by atoms with van der Waals surface area (Å²) in [5.74, 6) is 0.0216. The second-order valence-electron chi connectivity index (χ2n) is 8.65. The molecule has 0 saturated heterocycles. The molecule has 3 heterocycles. The van der Waals surface area contributed by atoms with Gasteiger partial charge < -0.3 is 16.0 Å². The number of aromatic amines is 1. The molecule has 37 heavy (non-hydrogen) atoms. The number of benzene rings is 1. The van der Waals surface area contributed by atoms with Crippen LogP contribution in [0.2, 0.25) is 0 Å². The summed E-state index contributed by atoms with van der Waals surface area (Å²) in [6, 6.07) is 6.12. The van der Waals surface area contributed by atoms with Gasteiger partial charge in [0.2, 0.25) is 5.91 Å². The van der Waals surface area contributed by atoms with E-state index in [-0.39, 0.29) is 17.7 Å².